The molecule has 4 heteroatoms. The Labute approximate surface area is 103 Å². The number of hydrogen-bond acceptors (Lipinski definition) is 3. The number of nitrogens with zero attached hydrogens (tertiary/aromatic N) is 1. The van der Waals surface area contributed by atoms with E-state index in [4.69, 9.17) is 0 Å². The molecular formula is C13H22N2O2. The van der Waals surface area contributed by atoms with E-state index >= 15 is 0 Å². The van der Waals surface area contributed by atoms with Crippen molar-refractivity contribution >= 4 is 11.8 Å². The maximum Gasteiger partial charge on any atom is 0.229 e. The lowest BCUT2D eigenvalue weighted by Crippen LogP contribution is -2.50. The second-order valence-corrected chi connectivity index (χ2v) is 5.30. The highest BCUT2D eigenvalue weighted by atomic mass is 16.2. The van der Waals surface area contributed by atoms with Crippen LogP contribution in [0.4, 0.5) is 0 Å². The van der Waals surface area contributed by atoms with Crippen molar-refractivity contribution in [2.75, 3.05) is 6.54 Å². The average Bonchev–Trinajstić information content (AvgIpc) is 2.44. The molecule has 0 aromatic heterocycles. The summed E-state index contributed by atoms with van der Waals surface area (Å²) in [5, 5.41) is 3.48. The molecule has 0 radical (unpaired) electrons. The van der Waals surface area contributed by atoms with E-state index in [0.29, 0.717) is 31.5 Å². The van der Waals surface area contributed by atoms with Gasteiger partial charge in [0.25, 0.3) is 0 Å². The van der Waals surface area contributed by atoms with Gasteiger partial charge in [-0.1, -0.05) is 6.42 Å². The van der Waals surface area contributed by atoms with Gasteiger partial charge >= 0.3 is 0 Å². The fourth-order valence-corrected chi connectivity index (χ4v) is 2.77. The third-order valence-electron chi connectivity index (χ3n) is 3.75. The van der Waals surface area contributed by atoms with Gasteiger partial charge in [-0.3, -0.25) is 14.5 Å². The molecule has 0 spiro atoms. The molecule has 2 unspecified atom stereocenters. The van der Waals surface area contributed by atoms with Gasteiger partial charge in [0.1, 0.15) is 0 Å². The minimum absolute atomic E-state index is 0.0209. The molecule has 0 aromatic carbocycles. The normalized spacial score (nSPS) is 31.5. The molecule has 2 amide bonds. The van der Waals surface area contributed by atoms with Crippen LogP contribution in [-0.2, 0) is 9.59 Å². The number of likely N-dealkylation sites (tertiary alicyclic amines) is 1. The first-order chi connectivity index (χ1) is 8.16. The number of imide groups is 1. The van der Waals surface area contributed by atoms with Crippen molar-refractivity contribution in [1.82, 2.24) is 10.2 Å². The van der Waals surface area contributed by atoms with Crippen LogP contribution in [0.1, 0.15) is 51.9 Å². The van der Waals surface area contributed by atoms with Crippen molar-refractivity contribution in [3.05, 3.63) is 0 Å². The van der Waals surface area contributed by atoms with E-state index in [1.165, 1.54) is 17.7 Å². The minimum atomic E-state index is 0.0209. The lowest BCUT2D eigenvalue weighted by Gasteiger charge is -2.32. The summed E-state index contributed by atoms with van der Waals surface area (Å²) in [6.45, 7) is 2.74. The SMILES string of the molecule is CC1CCCC(CN2C(=O)CCCCC2=O)N1. The number of amides is 2. The number of rotatable bonds is 2. The molecule has 2 fully saturated rings. The van der Waals surface area contributed by atoms with Crippen LogP contribution in [0.2, 0.25) is 0 Å². The van der Waals surface area contributed by atoms with Gasteiger partial charge < -0.3 is 5.32 Å². The molecular weight excluding hydrogens is 216 g/mol. The number of nitrogens with one attached hydrogen (secondary N) is 1. The largest absolute Gasteiger partial charge is 0.310 e. The van der Waals surface area contributed by atoms with E-state index in [1.54, 1.807) is 0 Å². The van der Waals surface area contributed by atoms with Gasteiger partial charge in [-0.15, -0.1) is 0 Å². The molecule has 2 saturated heterocycles. The Kier molecular flexibility index (Phi) is 4.15. The molecule has 0 bridgehead atoms. The summed E-state index contributed by atoms with van der Waals surface area (Å²) in [7, 11) is 0. The third-order valence-corrected chi connectivity index (χ3v) is 3.75. The predicted molar refractivity (Wildman–Crippen MR) is 65.4 cm³/mol. The molecule has 1 N–H and O–H groups in total. The van der Waals surface area contributed by atoms with Crippen LogP contribution < -0.4 is 5.32 Å². The highest BCUT2D eigenvalue weighted by molar-refractivity contribution is 5.96. The maximum absolute atomic E-state index is 11.9. The van der Waals surface area contributed by atoms with Gasteiger partial charge in [0.05, 0.1) is 0 Å². The summed E-state index contributed by atoms with van der Waals surface area (Å²) in [5.41, 5.74) is 0. The molecule has 2 aliphatic rings. The first kappa shape index (κ1) is 12.6. The van der Waals surface area contributed by atoms with Crippen molar-refractivity contribution in [3.8, 4) is 0 Å². The van der Waals surface area contributed by atoms with Gasteiger partial charge in [0.2, 0.25) is 11.8 Å². The van der Waals surface area contributed by atoms with Crippen molar-refractivity contribution in [3.63, 3.8) is 0 Å². The fraction of sp³-hybridized carbons (Fsp3) is 0.846. The van der Waals surface area contributed by atoms with Crippen molar-refractivity contribution in [1.29, 1.82) is 0 Å². The Balaban J connectivity index is 1.95. The minimum Gasteiger partial charge on any atom is -0.310 e. The van der Waals surface area contributed by atoms with Crippen LogP contribution in [0, 0.1) is 0 Å². The summed E-state index contributed by atoms with van der Waals surface area (Å²) in [5.74, 6) is 0.0417. The van der Waals surface area contributed by atoms with Gasteiger partial charge in [0, 0.05) is 31.5 Å². The van der Waals surface area contributed by atoms with E-state index in [9.17, 15) is 9.59 Å². The van der Waals surface area contributed by atoms with E-state index < -0.39 is 0 Å². The first-order valence-electron chi connectivity index (χ1n) is 6.76. The van der Waals surface area contributed by atoms with Crippen molar-refractivity contribution in [2.24, 2.45) is 0 Å². The monoisotopic (exact) mass is 238 g/mol. The molecule has 2 atom stereocenters. The Bertz CT molecular complexity index is 286. The number of carbonyl (C=O) groups excluding carboxylic acids is 2. The summed E-state index contributed by atoms with van der Waals surface area (Å²) in [4.78, 5) is 25.2. The van der Waals surface area contributed by atoms with Crippen molar-refractivity contribution < 1.29 is 9.59 Å². The summed E-state index contributed by atoms with van der Waals surface area (Å²) >= 11 is 0. The van der Waals surface area contributed by atoms with Crippen LogP contribution in [-0.4, -0.2) is 35.3 Å². The zero-order chi connectivity index (χ0) is 12.3. The molecule has 2 heterocycles. The molecule has 96 valence electrons. The van der Waals surface area contributed by atoms with Gasteiger partial charge in [-0.2, -0.15) is 0 Å². The van der Waals surface area contributed by atoms with Gasteiger partial charge in [0.15, 0.2) is 0 Å². The Morgan fingerprint density at radius 1 is 1.12 bits per heavy atom. The van der Waals surface area contributed by atoms with Crippen LogP contribution in [0.5, 0.6) is 0 Å². The van der Waals surface area contributed by atoms with Gasteiger partial charge in [-0.25, -0.2) is 0 Å². The van der Waals surface area contributed by atoms with Crippen LogP contribution in [0.3, 0.4) is 0 Å². The average molecular weight is 238 g/mol. The molecule has 0 aromatic rings. The lowest BCUT2D eigenvalue weighted by atomic mass is 9.99. The maximum atomic E-state index is 11.9. The summed E-state index contributed by atoms with van der Waals surface area (Å²) < 4.78 is 0. The highest BCUT2D eigenvalue weighted by Gasteiger charge is 2.28. The number of piperidine rings is 1. The Morgan fingerprint density at radius 2 is 1.76 bits per heavy atom. The number of hydrogen-bond donors (Lipinski definition) is 1. The second-order valence-electron chi connectivity index (χ2n) is 5.30. The number of carbonyl (C=O) groups is 2. The summed E-state index contributed by atoms with van der Waals surface area (Å²) in [6, 6.07) is 0.802. The lowest BCUT2D eigenvalue weighted by molar-refractivity contribution is -0.144. The molecule has 4 nitrogen and oxygen atoms in total. The van der Waals surface area contributed by atoms with E-state index in [1.807, 2.05) is 0 Å². The molecule has 0 saturated carbocycles. The molecule has 2 aliphatic heterocycles. The van der Waals surface area contributed by atoms with E-state index in [-0.39, 0.29) is 11.8 Å². The summed E-state index contributed by atoms with van der Waals surface area (Å²) in [6.07, 6.45) is 6.24. The van der Waals surface area contributed by atoms with E-state index in [2.05, 4.69) is 12.2 Å². The quantitative estimate of drug-likeness (QED) is 0.741. The van der Waals surface area contributed by atoms with Gasteiger partial charge in [-0.05, 0) is 32.6 Å². The third kappa shape index (κ3) is 3.28. The molecule has 2 rings (SSSR count). The van der Waals surface area contributed by atoms with Crippen molar-refractivity contribution in [2.45, 2.75) is 64.0 Å². The van der Waals surface area contributed by atoms with Crippen LogP contribution >= 0.6 is 0 Å². The zero-order valence-electron chi connectivity index (χ0n) is 10.6. The Morgan fingerprint density at radius 3 is 2.35 bits per heavy atom. The topological polar surface area (TPSA) is 49.4 Å². The fourth-order valence-electron chi connectivity index (χ4n) is 2.77. The molecule has 0 aliphatic carbocycles. The first-order valence-corrected chi connectivity index (χ1v) is 6.76. The second kappa shape index (κ2) is 5.63. The zero-order valence-corrected chi connectivity index (χ0v) is 10.6. The van der Waals surface area contributed by atoms with Crippen LogP contribution in [0.15, 0.2) is 0 Å². The predicted octanol–water partition coefficient (Wildman–Crippen LogP) is 1.45. The standard InChI is InChI=1S/C13H22N2O2/c1-10-5-4-6-11(14-10)9-15-12(16)7-2-3-8-13(15)17/h10-11,14H,2-9H2,1H3. The Hall–Kier alpha value is -0.900. The van der Waals surface area contributed by atoms with E-state index in [0.717, 1.165) is 19.3 Å². The molecule has 17 heavy (non-hydrogen) atoms. The smallest absolute Gasteiger partial charge is 0.229 e. The highest BCUT2D eigenvalue weighted by Crippen LogP contribution is 2.17. The van der Waals surface area contributed by atoms with Crippen LogP contribution in [0.25, 0.3) is 0 Å².